The number of urea groups is 1. The molecule has 2 amide bonds. The Kier molecular flexibility index (Phi) is 4.89. The zero-order valence-electron chi connectivity index (χ0n) is 12.9. The normalized spacial score (nSPS) is 17.1. The lowest BCUT2D eigenvalue weighted by molar-refractivity contribution is 0.251. The summed E-state index contributed by atoms with van der Waals surface area (Å²) in [5, 5.41) is 8.30. The third kappa shape index (κ3) is 3.58. The van der Waals surface area contributed by atoms with Gasteiger partial charge in [-0.25, -0.2) is 13.6 Å². The minimum atomic E-state index is -0.792. The monoisotopic (exact) mass is 408 g/mol. The summed E-state index contributed by atoms with van der Waals surface area (Å²) in [6.07, 6.45) is 1.48. The van der Waals surface area contributed by atoms with Crippen LogP contribution in [0.1, 0.15) is 17.2 Å². The smallest absolute Gasteiger partial charge is 0.319 e. The number of hydrogen-bond acceptors (Lipinski definition) is 3. The summed E-state index contributed by atoms with van der Waals surface area (Å²) in [6.45, 7) is 0.279. The number of nitrogens with one attached hydrogen (secondary N) is 3. The van der Waals surface area contributed by atoms with Crippen LogP contribution >= 0.6 is 15.9 Å². The van der Waals surface area contributed by atoms with Crippen molar-refractivity contribution in [3.63, 3.8) is 0 Å². The predicted molar refractivity (Wildman–Crippen MR) is 95.6 cm³/mol. The van der Waals surface area contributed by atoms with Crippen molar-refractivity contribution in [2.45, 2.75) is 6.04 Å². The Morgan fingerprint density at radius 1 is 1.28 bits per heavy atom. The molecule has 0 bridgehead atoms. The summed E-state index contributed by atoms with van der Waals surface area (Å²) in [6, 6.07) is 9.05. The van der Waals surface area contributed by atoms with E-state index in [9.17, 15) is 13.6 Å². The Morgan fingerprint density at radius 2 is 1.96 bits per heavy atom. The fourth-order valence-corrected chi connectivity index (χ4v) is 2.91. The van der Waals surface area contributed by atoms with Crippen molar-refractivity contribution in [2.75, 3.05) is 11.9 Å². The van der Waals surface area contributed by atoms with Crippen LogP contribution in [0.5, 0.6) is 0 Å². The van der Waals surface area contributed by atoms with Gasteiger partial charge in [0.1, 0.15) is 11.6 Å². The Bertz CT molecular complexity index is 833. The molecule has 0 fully saturated rings. The van der Waals surface area contributed by atoms with Gasteiger partial charge in [0.25, 0.3) is 0 Å². The lowest BCUT2D eigenvalue weighted by Crippen LogP contribution is -2.35. The van der Waals surface area contributed by atoms with Crippen LogP contribution in [0.25, 0.3) is 5.70 Å². The van der Waals surface area contributed by atoms with Gasteiger partial charge in [-0.1, -0.05) is 24.3 Å². The SMILES string of the molecule is N/C=C1\NC(CNC(=O)Nc2cc(F)c(Br)c(F)c2)c2ccccc21. The zero-order valence-corrected chi connectivity index (χ0v) is 14.5. The summed E-state index contributed by atoms with van der Waals surface area (Å²) in [5.41, 5.74) is 8.42. The first-order valence-electron chi connectivity index (χ1n) is 7.46. The molecule has 1 aliphatic heterocycles. The van der Waals surface area contributed by atoms with Gasteiger partial charge in [0.2, 0.25) is 0 Å². The van der Waals surface area contributed by atoms with E-state index in [-0.39, 0.29) is 22.7 Å². The van der Waals surface area contributed by atoms with E-state index in [1.54, 1.807) is 0 Å². The number of rotatable bonds is 3. The number of carbonyl (C=O) groups excluding carboxylic acids is 1. The summed E-state index contributed by atoms with van der Waals surface area (Å²) in [7, 11) is 0. The fourth-order valence-electron chi connectivity index (χ4n) is 2.69. The van der Waals surface area contributed by atoms with Crippen LogP contribution in [0.4, 0.5) is 19.3 Å². The molecule has 1 unspecified atom stereocenters. The Balaban J connectivity index is 1.64. The average Bonchev–Trinajstić information content (AvgIpc) is 2.96. The van der Waals surface area contributed by atoms with E-state index in [1.165, 1.54) is 6.20 Å². The molecule has 0 saturated carbocycles. The molecule has 0 aromatic heterocycles. The summed E-state index contributed by atoms with van der Waals surface area (Å²) < 4.78 is 26.7. The molecule has 3 rings (SSSR count). The number of carbonyl (C=O) groups is 1. The zero-order chi connectivity index (χ0) is 18.0. The highest BCUT2D eigenvalue weighted by molar-refractivity contribution is 9.10. The minimum absolute atomic E-state index is 0.0259. The molecule has 5 nitrogen and oxygen atoms in total. The van der Waals surface area contributed by atoms with Crippen molar-refractivity contribution >= 4 is 33.3 Å². The maximum absolute atomic E-state index is 13.5. The summed E-state index contributed by atoms with van der Waals surface area (Å²) in [4.78, 5) is 12.0. The second-order valence-electron chi connectivity index (χ2n) is 5.45. The van der Waals surface area contributed by atoms with Gasteiger partial charge in [-0.2, -0.15) is 0 Å². The Hall–Kier alpha value is -2.61. The number of amides is 2. The van der Waals surface area contributed by atoms with E-state index in [0.29, 0.717) is 0 Å². The lowest BCUT2D eigenvalue weighted by atomic mass is 10.0. The van der Waals surface area contributed by atoms with E-state index in [4.69, 9.17) is 5.73 Å². The van der Waals surface area contributed by atoms with Crippen LogP contribution in [0, 0.1) is 11.6 Å². The molecule has 1 aliphatic rings. The molecule has 0 aliphatic carbocycles. The first kappa shape index (κ1) is 17.2. The number of hydrogen-bond donors (Lipinski definition) is 4. The van der Waals surface area contributed by atoms with Gasteiger partial charge in [0.15, 0.2) is 0 Å². The van der Waals surface area contributed by atoms with Crippen molar-refractivity contribution in [3.05, 3.63) is 69.8 Å². The highest BCUT2D eigenvalue weighted by Crippen LogP contribution is 2.31. The molecule has 5 N–H and O–H groups in total. The molecule has 2 aromatic rings. The third-order valence-electron chi connectivity index (χ3n) is 3.83. The largest absolute Gasteiger partial charge is 0.403 e. The molecule has 1 heterocycles. The average molecular weight is 409 g/mol. The molecule has 8 heteroatoms. The fraction of sp³-hybridized carbons (Fsp3) is 0.118. The second kappa shape index (κ2) is 7.10. The predicted octanol–water partition coefficient (Wildman–Crippen LogP) is 3.45. The quantitative estimate of drug-likeness (QED) is 0.587. The number of nitrogens with two attached hydrogens (primary N) is 1. The highest BCUT2D eigenvalue weighted by Gasteiger charge is 2.25. The molecule has 25 heavy (non-hydrogen) atoms. The van der Waals surface area contributed by atoms with Crippen LogP contribution in [0.3, 0.4) is 0 Å². The lowest BCUT2D eigenvalue weighted by Gasteiger charge is -2.14. The topological polar surface area (TPSA) is 79.2 Å². The van der Waals surface area contributed by atoms with E-state index in [2.05, 4.69) is 31.9 Å². The first-order valence-corrected chi connectivity index (χ1v) is 8.26. The number of fused-ring (bicyclic) bond motifs is 1. The van der Waals surface area contributed by atoms with Crippen LogP contribution < -0.4 is 21.7 Å². The number of anilines is 1. The van der Waals surface area contributed by atoms with Gasteiger partial charge in [0, 0.05) is 24.0 Å². The molecular weight excluding hydrogens is 394 g/mol. The first-order chi connectivity index (χ1) is 12.0. The van der Waals surface area contributed by atoms with Crippen LogP contribution in [-0.2, 0) is 0 Å². The van der Waals surface area contributed by atoms with Gasteiger partial charge >= 0.3 is 6.03 Å². The molecule has 2 aromatic carbocycles. The van der Waals surface area contributed by atoms with E-state index >= 15 is 0 Å². The molecule has 0 radical (unpaired) electrons. The van der Waals surface area contributed by atoms with Crippen molar-refractivity contribution in [2.24, 2.45) is 5.73 Å². The minimum Gasteiger partial charge on any atom is -0.403 e. The Morgan fingerprint density at radius 3 is 2.64 bits per heavy atom. The van der Waals surface area contributed by atoms with E-state index in [1.807, 2.05) is 24.3 Å². The highest BCUT2D eigenvalue weighted by atomic mass is 79.9. The van der Waals surface area contributed by atoms with Gasteiger partial charge in [-0.3, -0.25) is 0 Å². The molecule has 0 spiro atoms. The van der Waals surface area contributed by atoms with Gasteiger partial charge < -0.3 is 21.7 Å². The van der Waals surface area contributed by atoms with E-state index in [0.717, 1.165) is 29.0 Å². The molecule has 130 valence electrons. The van der Waals surface area contributed by atoms with Crippen molar-refractivity contribution < 1.29 is 13.6 Å². The van der Waals surface area contributed by atoms with E-state index < -0.39 is 17.7 Å². The van der Waals surface area contributed by atoms with Crippen molar-refractivity contribution in [1.29, 1.82) is 0 Å². The van der Waals surface area contributed by atoms with Gasteiger partial charge in [-0.15, -0.1) is 0 Å². The summed E-state index contributed by atoms with van der Waals surface area (Å²) in [5.74, 6) is -1.58. The second-order valence-corrected chi connectivity index (χ2v) is 6.25. The molecular formula is C17H15BrF2N4O. The maximum Gasteiger partial charge on any atom is 0.319 e. The van der Waals surface area contributed by atoms with Gasteiger partial charge in [0.05, 0.1) is 16.2 Å². The maximum atomic E-state index is 13.5. The van der Waals surface area contributed by atoms with Crippen LogP contribution in [-0.4, -0.2) is 12.6 Å². The molecule has 1 atom stereocenters. The third-order valence-corrected chi connectivity index (χ3v) is 4.59. The Labute approximate surface area is 151 Å². The standard InChI is InChI=1S/C17H15BrF2N4O/c18-16-12(19)5-9(6-13(16)20)23-17(25)22-8-15-11-4-2-1-3-10(11)14(7-21)24-15/h1-7,15,24H,8,21H2,(H2,22,23,25)/b14-7-. The summed E-state index contributed by atoms with van der Waals surface area (Å²) >= 11 is 2.78. The van der Waals surface area contributed by atoms with Crippen LogP contribution in [0.2, 0.25) is 0 Å². The van der Waals surface area contributed by atoms with Crippen molar-refractivity contribution in [1.82, 2.24) is 10.6 Å². The van der Waals surface area contributed by atoms with Gasteiger partial charge in [-0.05, 0) is 33.6 Å². The van der Waals surface area contributed by atoms with Crippen molar-refractivity contribution in [3.8, 4) is 0 Å². The number of halogens is 3. The van der Waals surface area contributed by atoms with Crippen LogP contribution in [0.15, 0.2) is 47.1 Å². The molecule has 0 saturated heterocycles. The number of benzene rings is 2.